The summed E-state index contributed by atoms with van der Waals surface area (Å²) in [7, 11) is 8.33. The van der Waals surface area contributed by atoms with E-state index in [1.807, 2.05) is 12.1 Å². The van der Waals surface area contributed by atoms with E-state index in [0.29, 0.717) is 29.3 Å². The summed E-state index contributed by atoms with van der Waals surface area (Å²) in [5.74, 6) is 0.427. The zero-order chi connectivity index (χ0) is 27.2. The van der Waals surface area contributed by atoms with Crippen LogP contribution < -0.4 is 15.9 Å². The second-order valence-corrected chi connectivity index (χ2v) is 10.5. The van der Waals surface area contributed by atoms with Crippen molar-refractivity contribution in [2.75, 3.05) is 44.8 Å². The van der Waals surface area contributed by atoms with Crippen LogP contribution in [0, 0.1) is 17.2 Å². The van der Waals surface area contributed by atoms with E-state index in [4.69, 9.17) is 7.85 Å². The Balaban J connectivity index is 1.30. The highest BCUT2D eigenvalue weighted by molar-refractivity contribution is 6.35. The molecule has 1 saturated carbocycles. The second-order valence-electron chi connectivity index (χ2n) is 10.5. The predicted molar refractivity (Wildman–Crippen MR) is 151 cm³/mol. The first kappa shape index (κ1) is 26.8. The summed E-state index contributed by atoms with van der Waals surface area (Å²) in [5, 5.41) is 11.0. The number of carbonyl (C=O) groups is 1. The number of pyridine rings is 1. The van der Waals surface area contributed by atoms with Gasteiger partial charge in [0.15, 0.2) is 0 Å². The van der Waals surface area contributed by atoms with Crippen LogP contribution >= 0.6 is 0 Å². The Morgan fingerprint density at radius 1 is 1.10 bits per heavy atom. The lowest BCUT2D eigenvalue weighted by atomic mass is 9.98. The summed E-state index contributed by atoms with van der Waals surface area (Å²) in [6.45, 7) is 5.84. The van der Waals surface area contributed by atoms with Crippen molar-refractivity contribution in [3.8, 4) is 17.2 Å². The Morgan fingerprint density at radius 3 is 2.56 bits per heavy atom. The average Bonchev–Trinajstić information content (AvgIpc) is 3.48. The Morgan fingerprint density at radius 2 is 1.85 bits per heavy atom. The molecule has 3 heterocycles. The maximum Gasteiger partial charge on any atom is 0.271 e. The molecule has 2 aliphatic rings. The number of hydrazine groups is 1. The molecule has 10 heteroatoms. The molecule has 0 spiro atoms. The van der Waals surface area contributed by atoms with Crippen LogP contribution in [0.3, 0.4) is 0 Å². The fourth-order valence-electron chi connectivity index (χ4n) is 5.26. The number of carbonyl (C=O) groups excluding carboxylic acids is 1. The molecular weight excluding hydrogens is 487 g/mol. The van der Waals surface area contributed by atoms with Crippen LogP contribution in [0.25, 0.3) is 11.1 Å². The van der Waals surface area contributed by atoms with Crippen molar-refractivity contribution in [3.63, 3.8) is 0 Å². The van der Waals surface area contributed by atoms with Gasteiger partial charge >= 0.3 is 0 Å². The molecule has 1 aliphatic carbocycles. The Labute approximate surface area is 231 Å². The van der Waals surface area contributed by atoms with E-state index < -0.39 is 0 Å². The third-order valence-electron chi connectivity index (χ3n) is 7.59. The molecule has 2 fully saturated rings. The minimum atomic E-state index is -0.314. The number of piperazine rings is 1. The van der Waals surface area contributed by atoms with Gasteiger partial charge in [0.25, 0.3) is 5.91 Å². The van der Waals surface area contributed by atoms with Gasteiger partial charge in [0.05, 0.1) is 5.56 Å². The van der Waals surface area contributed by atoms with Gasteiger partial charge in [0, 0.05) is 63.4 Å². The van der Waals surface area contributed by atoms with Crippen LogP contribution in [-0.2, 0) is 6.54 Å². The molecule has 9 nitrogen and oxygen atoms in total. The number of hydrogen-bond acceptors (Lipinski definition) is 8. The highest BCUT2D eigenvalue weighted by Crippen LogP contribution is 2.26. The first-order valence-electron chi connectivity index (χ1n) is 13.5. The van der Waals surface area contributed by atoms with Crippen LogP contribution in [0.2, 0.25) is 0 Å². The van der Waals surface area contributed by atoms with Crippen molar-refractivity contribution in [1.29, 1.82) is 5.26 Å². The van der Waals surface area contributed by atoms with Gasteiger partial charge in [-0.25, -0.2) is 9.97 Å². The van der Waals surface area contributed by atoms with Gasteiger partial charge in [0.2, 0.25) is 5.82 Å². The number of nitriles is 1. The van der Waals surface area contributed by atoms with Crippen LogP contribution in [0.1, 0.15) is 47.4 Å². The molecule has 5 rings (SSSR count). The largest absolute Gasteiger partial charge is 0.304 e. The minimum Gasteiger partial charge on any atom is -0.304 e. The summed E-state index contributed by atoms with van der Waals surface area (Å²) in [4.78, 5) is 30.8. The Kier molecular flexibility index (Phi) is 8.50. The summed E-state index contributed by atoms with van der Waals surface area (Å²) in [6.07, 6.45) is 9.20. The lowest BCUT2D eigenvalue weighted by molar-refractivity contribution is 0.0946. The first-order valence-corrected chi connectivity index (χ1v) is 13.5. The third kappa shape index (κ3) is 6.80. The lowest BCUT2D eigenvalue weighted by Crippen LogP contribution is -2.47. The standard InChI is InChI=1S/C29H33BN8O/c1-36-10-12-37(13-11-36)19-22-6-8-23(9-7-22)24-14-25(17-32-16-24)29(39)35-38(20-21-4-2-3-5-21)28-26(30)18-33-27(15-31)34-28/h6-9,14,16-18,21H,2-5,10-13,19-20H2,1H3,(H,35,39). The highest BCUT2D eigenvalue weighted by atomic mass is 16.2. The number of rotatable bonds is 8. The van der Waals surface area contributed by atoms with E-state index in [2.05, 4.69) is 61.5 Å². The van der Waals surface area contributed by atoms with Crippen LogP contribution in [0.4, 0.5) is 5.82 Å². The monoisotopic (exact) mass is 520 g/mol. The molecular formula is C29H33BN8O. The number of aromatic nitrogens is 3. The molecule has 1 aliphatic heterocycles. The molecule has 1 amide bonds. The molecule has 1 saturated heterocycles. The molecule has 39 heavy (non-hydrogen) atoms. The lowest BCUT2D eigenvalue weighted by Gasteiger charge is -2.32. The van der Waals surface area contributed by atoms with Gasteiger partial charge in [0.1, 0.15) is 19.7 Å². The van der Waals surface area contributed by atoms with Gasteiger partial charge in [-0.1, -0.05) is 37.1 Å². The molecule has 0 unspecified atom stereocenters. The zero-order valence-corrected chi connectivity index (χ0v) is 22.4. The van der Waals surface area contributed by atoms with Crippen molar-refractivity contribution < 1.29 is 4.79 Å². The van der Waals surface area contributed by atoms with E-state index in [1.54, 1.807) is 17.4 Å². The van der Waals surface area contributed by atoms with E-state index in [9.17, 15) is 10.1 Å². The summed E-state index contributed by atoms with van der Waals surface area (Å²) < 4.78 is 0. The van der Waals surface area contributed by atoms with Crippen molar-refractivity contribution in [1.82, 2.24) is 30.2 Å². The van der Waals surface area contributed by atoms with E-state index in [-0.39, 0.29) is 11.7 Å². The van der Waals surface area contributed by atoms with Gasteiger partial charge in [-0.05, 0) is 48.5 Å². The van der Waals surface area contributed by atoms with Crippen molar-refractivity contribution in [2.24, 2.45) is 5.92 Å². The SMILES string of the molecule is [B]c1cnc(C#N)nc1N(CC1CCCC1)NC(=O)c1cncc(-c2ccc(CN3CCN(C)CC3)cc2)c1. The van der Waals surface area contributed by atoms with Gasteiger partial charge in [-0.2, -0.15) is 5.26 Å². The predicted octanol–water partition coefficient (Wildman–Crippen LogP) is 2.29. The van der Waals surface area contributed by atoms with Crippen LogP contribution in [-0.4, -0.2) is 78.3 Å². The first-order chi connectivity index (χ1) is 19.0. The zero-order valence-electron chi connectivity index (χ0n) is 22.4. The summed E-state index contributed by atoms with van der Waals surface area (Å²) in [6, 6.07) is 12.3. The molecule has 0 atom stereocenters. The highest BCUT2D eigenvalue weighted by Gasteiger charge is 2.23. The Hall–Kier alpha value is -3.81. The van der Waals surface area contributed by atoms with Crippen molar-refractivity contribution in [2.45, 2.75) is 32.2 Å². The van der Waals surface area contributed by atoms with E-state index >= 15 is 0 Å². The molecule has 2 radical (unpaired) electrons. The van der Waals surface area contributed by atoms with Crippen LogP contribution in [0.5, 0.6) is 0 Å². The van der Waals surface area contributed by atoms with Crippen LogP contribution in [0.15, 0.2) is 48.9 Å². The number of anilines is 1. The molecule has 0 bridgehead atoms. The molecule has 1 N–H and O–H groups in total. The quantitative estimate of drug-likeness (QED) is 0.357. The maximum atomic E-state index is 13.4. The van der Waals surface area contributed by atoms with Gasteiger partial charge in [-0.15, -0.1) is 0 Å². The average molecular weight is 520 g/mol. The number of amides is 1. The van der Waals surface area contributed by atoms with Gasteiger partial charge < -0.3 is 4.90 Å². The fourth-order valence-corrected chi connectivity index (χ4v) is 5.26. The third-order valence-corrected chi connectivity index (χ3v) is 7.59. The minimum absolute atomic E-state index is 0.00426. The van der Waals surface area contributed by atoms with E-state index in [0.717, 1.165) is 69.5 Å². The number of benzene rings is 1. The second kappa shape index (κ2) is 12.4. The van der Waals surface area contributed by atoms with Crippen molar-refractivity contribution in [3.05, 3.63) is 65.9 Å². The number of hydrogen-bond donors (Lipinski definition) is 1. The summed E-state index contributed by atoms with van der Waals surface area (Å²) in [5.41, 5.74) is 6.84. The summed E-state index contributed by atoms with van der Waals surface area (Å²) >= 11 is 0. The Bertz CT molecular complexity index is 1330. The smallest absolute Gasteiger partial charge is 0.271 e. The fraction of sp³-hybridized carbons (Fsp3) is 0.414. The molecule has 2 aromatic heterocycles. The molecule has 3 aromatic rings. The number of likely N-dealkylation sites (N-methyl/N-ethyl adjacent to an activating group) is 1. The topological polar surface area (TPSA) is 101 Å². The number of nitrogens with zero attached hydrogens (tertiary/aromatic N) is 7. The van der Waals surface area contributed by atoms with Gasteiger partial charge in [-0.3, -0.25) is 25.1 Å². The maximum absolute atomic E-state index is 13.4. The number of nitrogens with one attached hydrogen (secondary N) is 1. The molecule has 1 aromatic carbocycles. The normalized spacial score (nSPS) is 16.6. The van der Waals surface area contributed by atoms with Crippen molar-refractivity contribution >= 4 is 25.0 Å². The molecule has 198 valence electrons. The van der Waals surface area contributed by atoms with E-state index in [1.165, 1.54) is 11.8 Å².